The number of carboxylic acids is 1. The molecule has 1 heterocycles. The molecule has 2 aromatic rings. The maximum atomic E-state index is 11.0. The maximum Gasteiger partial charge on any atom is 0.337 e. The van der Waals surface area contributed by atoms with Crippen LogP contribution in [0.3, 0.4) is 0 Å². The van der Waals surface area contributed by atoms with Crippen LogP contribution in [0.1, 0.15) is 15.9 Å². The van der Waals surface area contributed by atoms with E-state index in [1.165, 1.54) is 0 Å². The number of aromatic nitrogens is 2. The first kappa shape index (κ1) is 9.45. The fourth-order valence-electron chi connectivity index (χ4n) is 1.45. The van der Waals surface area contributed by atoms with Gasteiger partial charge in [-0.25, -0.2) is 9.78 Å². The summed E-state index contributed by atoms with van der Waals surface area (Å²) in [6.07, 6.45) is 4.92. The molecular weight excluding hydrogens is 192 g/mol. The average molecular weight is 202 g/mol. The van der Waals surface area contributed by atoms with Crippen molar-refractivity contribution in [1.82, 2.24) is 9.55 Å². The first-order chi connectivity index (χ1) is 7.18. The summed E-state index contributed by atoms with van der Waals surface area (Å²) in [5, 5.41) is 9.06. The molecule has 2 rings (SSSR count). The summed E-state index contributed by atoms with van der Waals surface area (Å²) in [6.45, 7) is 1.87. The van der Waals surface area contributed by atoms with Crippen LogP contribution in [0.25, 0.3) is 5.69 Å². The molecule has 0 unspecified atom stereocenters. The minimum Gasteiger partial charge on any atom is -0.478 e. The molecule has 15 heavy (non-hydrogen) atoms. The third-order valence-corrected chi connectivity index (χ3v) is 2.17. The topological polar surface area (TPSA) is 55.1 Å². The van der Waals surface area contributed by atoms with Crippen molar-refractivity contribution < 1.29 is 9.90 Å². The highest BCUT2D eigenvalue weighted by atomic mass is 16.4. The second-order valence-corrected chi connectivity index (χ2v) is 3.30. The van der Waals surface area contributed by atoms with Crippen molar-refractivity contribution in [1.29, 1.82) is 0 Å². The number of rotatable bonds is 2. The third kappa shape index (κ3) is 1.74. The molecule has 0 amide bonds. The molecular formula is C11H10N2O2. The van der Waals surface area contributed by atoms with E-state index in [0.717, 1.165) is 5.56 Å². The monoisotopic (exact) mass is 202 g/mol. The van der Waals surface area contributed by atoms with Gasteiger partial charge in [0.15, 0.2) is 0 Å². The van der Waals surface area contributed by atoms with Gasteiger partial charge in [-0.1, -0.05) is 11.6 Å². The third-order valence-electron chi connectivity index (χ3n) is 2.17. The van der Waals surface area contributed by atoms with Crippen LogP contribution in [-0.4, -0.2) is 20.6 Å². The number of carboxylic acid groups (broad SMARTS) is 1. The zero-order valence-corrected chi connectivity index (χ0v) is 8.21. The number of hydrogen-bond donors (Lipinski definition) is 1. The van der Waals surface area contributed by atoms with E-state index in [-0.39, 0.29) is 5.56 Å². The summed E-state index contributed by atoms with van der Waals surface area (Å²) in [6, 6.07) is 5.31. The average Bonchev–Trinajstić information content (AvgIpc) is 2.70. The molecule has 1 aromatic carbocycles. The highest BCUT2D eigenvalue weighted by molar-refractivity contribution is 5.92. The lowest BCUT2D eigenvalue weighted by Gasteiger charge is -2.07. The van der Waals surface area contributed by atoms with Crippen molar-refractivity contribution in [3.63, 3.8) is 0 Å². The van der Waals surface area contributed by atoms with Gasteiger partial charge in [-0.05, 0) is 19.1 Å². The largest absolute Gasteiger partial charge is 0.478 e. The maximum absolute atomic E-state index is 11.0. The van der Waals surface area contributed by atoms with E-state index in [1.807, 2.05) is 13.0 Å². The van der Waals surface area contributed by atoms with E-state index in [0.29, 0.717) is 5.69 Å². The minimum atomic E-state index is -0.928. The molecule has 0 radical (unpaired) electrons. The van der Waals surface area contributed by atoms with Gasteiger partial charge in [-0.2, -0.15) is 0 Å². The summed E-state index contributed by atoms with van der Waals surface area (Å²) in [5.74, 6) is -0.928. The molecule has 1 N–H and O–H groups in total. The normalized spacial score (nSPS) is 10.2. The van der Waals surface area contributed by atoms with Gasteiger partial charge in [-0.15, -0.1) is 0 Å². The van der Waals surface area contributed by atoms with Crippen molar-refractivity contribution >= 4 is 5.97 Å². The van der Waals surface area contributed by atoms with Gasteiger partial charge in [0.05, 0.1) is 17.6 Å². The van der Waals surface area contributed by atoms with Crippen LogP contribution in [0.4, 0.5) is 0 Å². The second kappa shape index (κ2) is 3.57. The number of carbonyl (C=O) groups is 1. The molecule has 0 aliphatic carbocycles. The van der Waals surface area contributed by atoms with Gasteiger partial charge < -0.3 is 9.67 Å². The van der Waals surface area contributed by atoms with Crippen molar-refractivity contribution in [3.05, 3.63) is 48.0 Å². The van der Waals surface area contributed by atoms with Gasteiger partial charge in [0, 0.05) is 12.4 Å². The van der Waals surface area contributed by atoms with Crippen molar-refractivity contribution in [2.45, 2.75) is 6.92 Å². The first-order valence-corrected chi connectivity index (χ1v) is 4.51. The second-order valence-electron chi connectivity index (χ2n) is 3.30. The molecule has 0 aliphatic heterocycles. The first-order valence-electron chi connectivity index (χ1n) is 4.51. The number of nitrogens with zero attached hydrogens (tertiary/aromatic N) is 2. The number of aryl methyl sites for hydroxylation is 1. The van der Waals surface area contributed by atoms with E-state index in [4.69, 9.17) is 5.11 Å². The van der Waals surface area contributed by atoms with Crippen molar-refractivity contribution in [3.8, 4) is 5.69 Å². The number of imidazole rings is 1. The Labute approximate surface area is 86.8 Å². The summed E-state index contributed by atoms with van der Waals surface area (Å²) >= 11 is 0. The van der Waals surface area contributed by atoms with Crippen LogP contribution in [0.2, 0.25) is 0 Å². The Morgan fingerprint density at radius 2 is 2.27 bits per heavy atom. The molecule has 4 heteroatoms. The van der Waals surface area contributed by atoms with E-state index in [1.54, 1.807) is 35.4 Å². The minimum absolute atomic E-state index is 0.285. The summed E-state index contributed by atoms with van der Waals surface area (Å²) in [4.78, 5) is 14.9. The summed E-state index contributed by atoms with van der Waals surface area (Å²) < 4.78 is 1.68. The van der Waals surface area contributed by atoms with Gasteiger partial charge in [0.1, 0.15) is 0 Å². The summed E-state index contributed by atoms with van der Waals surface area (Å²) in [5.41, 5.74) is 1.84. The molecule has 1 aromatic heterocycles. The van der Waals surface area contributed by atoms with E-state index in [9.17, 15) is 4.79 Å². The molecule has 76 valence electrons. The molecule has 0 fully saturated rings. The van der Waals surface area contributed by atoms with Crippen LogP contribution < -0.4 is 0 Å². The Morgan fingerprint density at radius 1 is 1.47 bits per heavy atom. The quantitative estimate of drug-likeness (QED) is 0.808. The van der Waals surface area contributed by atoms with Gasteiger partial charge in [0.2, 0.25) is 0 Å². The molecule has 0 aliphatic rings. The predicted octanol–water partition coefficient (Wildman–Crippen LogP) is 1.88. The fraction of sp³-hybridized carbons (Fsp3) is 0.0909. The summed E-state index contributed by atoms with van der Waals surface area (Å²) in [7, 11) is 0. The van der Waals surface area contributed by atoms with Crippen molar-refractivity contribution in [2.75, 3.05) is 0 Å². The number of hydrogen-bond acceptors (Lipinski definition) is 2. The smallest absolute Gasteiger partial charge is 0.337 e. The van der Waals surface area contributed by atoms with Crippen molar-refractivity contribution in [2.24, 2.45) is 0 Å². The molecule has 0 atom stereocenters. The van der Waals surface area contributed by atoms with E-state index < -0.39 is 5.97 Å². The molecule has 0 saturated carbocycles. The molecule has 0 bridgehead atoms. The Balaban J connectivity index is 2.61. The van der Waals surface area contributed by atoms with Crippen LogP contribution in [0.5, 0.6) is 0 Å². The zero-order chi connectivity index (χ0) is 10.8. The number of benzene rings is 1. The standard InChI is InChI=1S/C11H10N2O2/c1-8-2-3-10(9(6-8)11(14)15)13-5-4-12-7-13/h2-7H,1H3,(H,14,15). The van der Waals surface area contributed by atoms with Crippen LogP contribution in [0.15, 0.2) is 36.9 Å². The lowest BCUT2D eigenvalue weighted by molar-refractivity contribution is 0.0697. The Bertz CT molecular complexity index is 489. The lowest BCUT2D eigenvalue weighted by Crippen LogP contribution is -2.04. The van der Waals surface area contributed by atoms with E-state index in [2.05, 4.69) is 4.98 Å². The Kier molecular flexibility index (Phi) is 2.25. The zero-order valence-electron chi connectivity index (χ0n) is 8.21. The Hall–Kier alpha value is -2.10. The highest BCUT2D eigenvalue weighted by Gasteiger charge is 2.10. The van der Waals surface area contributed by atoms with Gasteiger partial charge in [0.25, 0.3) is 0 Å². The van der Waals surface area contributed by atoms with Gasteiger partial charge >= 0.3 is 5.97 Å². The molecule has 4 nitrogen and oxygen atoms in total. The Morgan fingerprint density at radius 3 is 2.87 bits per heavy atom. The number of aromatic carboxylic acids is 1. The lowest BCUT2D eigenvalue weighted by atomic mass is 10.1. The highest BCUT2D eigenvalue weighted by Crippen LogP contribution is 2.16. The SMILES string of the molecule is Cc1ccc(-n2ccnc2)c(C(=O)O)c1. The van der Waals surface area contributed by atoms with Gasteiger partial charge in [-0.3, -0.25) is 0 Å². The fourth-order valence-corrected chi connectivity index (χ4v) is 1.45. The molecule has 0 saturated heterocycles. The van der Waals surface area contributed by atoms with Crippen LogP contribution in [0, 0.1) is 6.92 Å². The van der Waals surface area contributed by atoms with Crippen LogP contribution >= 0.6 is 0 Å². The molecule has 0 spiro atoms. The predicted molar refractivity (Wildman–Crippen MR) is 55.3 cm³/mol. The van der Waals surface area contributed by atoms with E-state index >= 15 is 0 Å². The van der Waals surface area contributed by atoms with Crippen LogP contribution in [-0.2, 0) is 0 Å².